The second kappa shape index (κ2) is 14.0. The van der Waals surface area contributed by atoms with Gasteiger partial charge < -0.3 is 73.6 Å². The van der Waals surface area contributed by atoms with Crippen molar-refractivity contribution in [3.8, 4) is 23.0 Å². The third-order valence-electron chi connectivity index (χ3n) is 9.46. The number of phenols is 1. The molecule has 14 atom stereocenters. The highest BCUT2D eigenvalue weighted by Crippen LogP contribution is 2.51. The Balaban J connectivity index is 1.12. The molecule has 4 aliphatic rings. The highest BCUT2D eigenvalue weighted by Gasteiger charge is 2.49. The second-order valence-electron chi connectivity index (χ2n) is 12.3. The molecule has 0 spiro atoms. The maximum absolute atomic E-state index is 10.7. The lowest BCUT2D eigenvalue weighted by Crippen LogP contribution is -2.61. The van der Waals surface area contributed by atoms with Crippen molar-refractivity contribution < 1.29 is 73.6 Å². The van der Waals surface area contributed by atoms with Crippen LogP contribution in [0.5, 0.6) is 23.0 Å². The van der Waals surface area contributed by atoms with Gasteiger partial charge in [-0.05, 0) is 42.3 Å². The topological polar surface area (TPSA) is 215 Å². The Bertz CT molecular complexity index is 1380. The van der Waals surface area contributed by atoms with Gasteiger partial charge in [-0.1, -0.05) is 12.1 Å². The van der Waals surface area contributed by atoms with Crippen LogP contribution in [-0.2, 0) is 23.7 Å². The van der Waals surface area contributed by atoms with Crippen molar-refractivity contribution >= 4 is 0 Å². The van der Waals surface area contributed by atoms with Gasteiger partial charge in [-0.25, -0.2) is 0 Å². The van der Waals surface area contributed by atoms with E-state index < -0.39 is 68.0 Å². The average molecular weight is 667 g/mol. The van der Waals surface area contributed by atoms with E-state index in [1.165, 1.54) is 21.1 Å². The van der Waals surface area contributed by atoms with Crippen molar-refractivity contribution in [2.75, 3.05) is 34.0 Å². The molecular weight excluding hydrogens is 624 g/mol. The van der Waals surface area contributed by atoms with Crippen LogP contribution in [0, 0.1) is 11.8 Å². The van der Waals surface area contributed by atoms with Crippen molar-refractivity contribution in [1.29, 1.82) is 0 Å². The Morgan fingerprint density at radius 2 is 1.23 bits per heavy atom. The molecule has 15 heteroatoms. The van der Waals surface area contributed by atoms with Crippen molar-refractivity contribution in [3.63, 3.8) is 0 Å². The van der Waals surface area contributed by atoms with Crippen LogP contribution in [0.4, 0.5) is 0 Å². The van der Waals surface area contributed by atoms with Gasteiger partial charge in [-0.3, -0.25) is 0 Å². The average Bonchev–Trinajstić information content (AvgIpc) is 3.69. The van der Waals surface area contributed by atoms with Crippen LogP contribution in [0.15, 0.2) is 36.4 Å². The molecule has 0 amide bonds. The first-order valence-electron chi connectivity index (χ1n) is 15.5. The maximum atomic E-state index is 10.7. The summed E-state index contributed by atoms with van der Waals surface area (Å²) in [5, 5.41) is 72.0. The lowest BCUT2D eigenvalue weighted by atomic mass is 9.85. The highest BCUT2D eigenvalue weighted by atomic mass is 16.7. The zero-order valence-corrected chi connectivity index (χ0v) is 26.1. The third-order valence-corrected chi connectivity index (χ3v) is 9.46. The van der Waals surface area contributed by atoms with Crippen LogP contribution in [-0.4, -0.2) is 131 Å². The summed E-state index contributed by atoms with van der Waals surface area (Å²) < 4.78 is 45.9. The molecule has 0 aliphatic carbocycles. The van der Waals surface area contributed by atoms with E-state index in [9.17, 15) is 35.7 Å². The molecular formula is C32H42O15. The number of rotatable bonds is 9. The third kappa shape index (κ3) is 6.50. The number of ether oxygens (including phenoxy) is 8. The zero-order chi connectivity index (χ0) is 33.6. The van der Waals surface area contributed by atoms with E-state index in [1.54, 1.807) is 30.3 Å². The van der Waals surface area contributed by atoms with Gasteiger partial charge in [0.05, 0.1) is 52.4 Å². The molecule has 4 saturated heterocycles. The minimum Gasteiger partial charge on any atom is -0.504 e. The molecule has 4 fully saturated rings. The summed E-state index contributed by atoms with van der Waals surface area (Å²) in [5.74, 6) is 1.00. The van der Waals surface area contributed by atoms with Gasteiger partial charge in [0.1, 0.15) is 42.7 Å². The minimum absolute atomic E-state index is 0.0381. The Kier molecular flexibility index (Phi) is 10.1. The van der Waals surface area contributed by atoms with Crippen LogP contribution in [0.1, 0.15) is 30.3 Å². The number of fused-ring (bicyclic) bond motifs is 1. The van der Waals surface area contributed by atoms with Crippen molar-refractivity contribution in [3.05, 3.63) is 47.5 Å². The van der Waals surface area contributed by atoms with E-state index in [0.29, 0.717) is 24.7 Å². The van der Waals surface area contributed by atoms with E-state index in [4.69, 9.17) is 37.9 Å². The summed E-state index contributed by atoms with van der Waals surface area (Å²) in [6, 6.07) is 10.3. The summed E-state index contributed by atoms with van der Waals surface area (Å²) in [4.78, 5) is 0. The van der Waals surface area contributed by atoms with Crippen molar-refractivity contribution in [2.24, 2.45) is 11.8 Å². The molecule has 4 heterocycles. The van der Waals surface area contributed by atoms with E-state index in [1.807, 2.05) is 6.07 Å². The first-order valence-corrected chi connectivity index (χ1v) is 15.5. The first-order chi connectivity index (χ1) is 22.5. The quantitative estimate of drug-likeness (QED) is 0.180. The van der Waals surface area contributed by atoms with Gasteiger partial charge in [-0.15, -0.1) is 0 Å². The second-order valence-corrected chi connectivity index (χ2v) is 12.3. The molecule has 2 aromatic rings. The summed E-state index contributed by atoms with van der Waals surface area (Å²) in [7, 11) is 2.94. The summed E-state index contributed by atoms with van der Waals surface area (Å²) in [6.45, 7) is 1.99. The Hall–Kier alpha value is -2.80. The fourth-order valence-corrected chi connectivity index (χ4v) is 6.68. The molecule has 10 unspecified atom stereocenters. The van der Waals surface area contributed by atoms with Crippen LogP contribution in [0.2, 0.25) is 0 Å². The lowest BCUT2D eigenvalue weighted by molar-refractivity contribution is -0.318. The fourth-order valence-electron chi connectivity index (χ4n) is 6.68. The van der Waals surface area contributed by atoms with E-state index in [-0.39, 0.29) is 35.5 Å². The normalized spacial score (nSPS) is 40.2. The fraction of sp³-hybridized carbons (Fsp3) is 0.625. The number of aromatic hydroxyl groups is 1. The van der Waals surface area contributed by atoms with Gasteiger partial charge >= 0.3 is 0 Å². The van der Waals surface area contributed by atoms with Crippen LogP contribution >= 0.6 is 0 Å². The Morgan fingerprint density at radius 1 is 0.660 bits per heavy atom. The molecule has 0 bridgehead atoms. The van der Waals surface area contributed by atoms with Gasteiger partial charge in [0, 0.05) is 11.8 Å². The SMILES string of the molecule is COc1cc([C@H]2OC[C@H]3[C@@H]2CO[C@H]3c2ccc(OC3OC(COC4OC(C)C(O)C(O)C4O)C(O)C(O)C3O)c(OC)c2)ccc1O. The standard InChI is InChI=1S/C32H42O15/c1-13-23(34)25(36)27(38)31(45-13)44-12-22-24(35)26(37)28(39)32(47-22)46-19-7-5-15(9-21(19)41-3)30-17-11-42-29(16(17)10-43-30)14-4-6-18(33)20(8-14)40-2/h4-9,13,16-17,22-39H,10-12H2,1-3H3/t13?,16-,17-,22?,23?,24?,25?,26?,27?,28?,29+,30-,31?,32?/m0/s1. The van der Waals surface area contributed by atoms with Crippen molar-refractivity contribution in [2.45, 2.75) is 80.5 Å². The Labute approximate surface area is 270 Å². The van der Waals surface area contributed by atoms with Crippen LogP contribution < -0.4 is 14.2 Å². The lowest BCUT2D eigenvalue weighted by Gasteiger charge is -2.42. The Morgan fingerprint density at radius 3 is 1.87 bits per heavy atom. The number of benzene rings is 2. The predicted octanol–water partition coefficient (Wildman–Crippen LogP) is -0.485. The van der Waals surface area contributed by atoms with Gasteiger partial charge in [0.2, 0.25) is 6.29 Å². The van der Waals surface area contributed by atoms with Gasteiger partial charge in [0.25, 0.3) is 0 Å². The number of methoxy groups -OCH3 is 2. The van der Waals surface area contributed by atoms with E-state index in [0.717, 1.165) is 11.1 Å². The zero-order valence-electron chi connectivity index (χ0n) is 26.1. The number of phenolic OH excluding ortho intramolecular Hbond substituents is 1. The molecule has 47 heavy (non-hydrogen) atoms. The molecule has 7 N–H and O–H groups in total. The monoisotopic (exact) mass is 666 g/mol. The van der Waals surface area contributed by atoms with E-state index >= 15 is 0 Å². The molecule has 260 valence electrons. The number of hydrogen-bond donors (Lipinski definition) is 7. The maximum Gasteiger partial charge on any atom is 0.229 e. The number of aliphatic hydroxyl groups excluding tert-OH is 6. The number of aliphatic hydroxyl groups is 6. The highest BCUT2D eigenvalue weighted by molar-refractivity contribution is 5.45. The molecule has 0 radical (unpaired) electrons. The summed E-state index contributed by atoms with van der Waals surface area (Å²) in [5.41, 5.74) is 1.70. The molecule has 2 aromatic carbocycles. The predicted molar refractivity (Wildman–Crippen MR) is 158 cm³/mol. The first kappa shape index (κ1) is 34.1. The molecule has 0 aromatic heterocycles. The van der Waals surface area contributed by atoms with Crippen molar-refractivity contribution in [1.82, 2.24) is 0 Å². The van der Waals surface area contributed by atoms with Gasteiger partial charge in [-0.2, -0.15) is 0 Å². The van der Waals surface area contributed by atoms with Crippen LogP contribution in [0.25, 0.3) is 0 Å². The molecule has 0 saturated carbocycles. The minimum atomic E-state index is -1.68. The molecule has 6 rings (SSSR count). The smallest absolute Gasteiger partial charge is 0.229 e. The summed E-state index contributed by atoms with van der Waals surface area (Å²) >= 11 is 0. The van der Waals surface area contributed by atoms with Crippen LogP contribution in [0.3, 0.4) is 0 Å². The van der Waals surface area contributed by atoms with Gasteiger partial charge in [0.15, 0.2) is 29.3 Å². The van der Waals surface area contributed by atoms with E-state index in [2.05, 4.69) is 0 Å². The molecule has 15 nitrogen and oxygen atoms in total. The molecule has 4 aliphatic heterocycles. The number of hydrogen-bond acceptors (Lipinski definition) is 15. The largest absolute Gasteiger partial charge is 0.504 e. The summed E-state index contributed by atoms with van der Waals surface area (Å²) in [6.07, 6.45) is -14.8.